The molecule has 1 aliphatic rings. The van der Waals surface area contributed by atoms with Crippen molar-refractivity contribution in [3.05, 3.63) is 0 Å². The fraction of sp³-hybridized carbons (Fsp3) is 0.909. The van der Waals surface area contributed by atoms with Crippen LogP contribution in [0.2, 0.25) is 0 Å². The summed E-state index contributed by atoms with van der Waals surface area (Å²) < 4.78 is 5.28. The lowest BCUT2D eigenvalue weighted by atomic mass is 9.96. The Balaban J connectivity index is 2.45. The number of aliphatic carboxylic acids is 1. The van der Waals surface area contributed by atoms with E-state index in [1.54, 1.807) is 0 Å². The topological polar surface area (TPSA) is 78.8 Å². The molecular formula is C11H21NO4. The Kier molecular flexibility index (Phi) is 4.70. The number of carbonyl (C=O) groups is 1. The van der Waals surface area contributed by atoms with E-state index < -0.39 is 17.6 Å². The SMILES string of the molecule is CCCC(NCC1(O)CCOC1C)C(=O)O. The van der Waals surface area contributed by atoms with Gasteiger partial charge in [0, 0.05) is 19.6 Å². The predicted molar refractivity (Wildman–Crippen MR) is 59.3 cm³/mol. The number of hydrogen-bond donors (Lipinski definition) is 3. The van der Waals surface area contributed by atoms with Crippen molar-refractivity contribution in [2.24, 2.45) is 0 Å². The molecule has 1 saturated heterocycles. The van der Waals surface area contributed by atoms with Gasteiger partial charge in [-0.3, -0.25) is 4.79 Å². The molecule has 5 heteroatoms. The van der Waals surface area contributed by atoms with Crippen LogP contribution >= 0.6 is 0 Å². The summed E-state index contributed by atoms with van der Waals surface area (Å²) in [5, 5.41) is 22.0. The van der Waals surface area contributed by atoms with Crippen LogP contribution in [0.5, 0.6) is 0 Å². The first-order valence-electron chi connectivity index (χ1n) is 5.80. The molecule has 3 N–H and O–H groups in total. The quantitative estimate of drug-likeness (QED) is 0.615. The Bertz CT molecular complexity index is 246. The number of hydrogen-bond acceptors (Lipinski definition) is 4. The minimum absolute atomic E-state index is 0.240. The van der Waals surface area contributed by atoms with Gasteiger partial charge in [0.05, 0.1) is 6.10 Å². The summed E-state index contributed by atoms with van der Waals surface area (Å²) in [7, 11) is 0. The zero-order valence-corrected chi connectivity index (χ0v) is 9.90. The Morgan fingerprint density at radius 2 is 2.38 bits per heavy atom. The van der Waals surface area contributed by atoms with Gasteiger partial charge in [-0.1, -0.05) is 13.3 Å². The van der Waals surface area contributed by atoms with E-state index in [1.165, 1.54) is 0 Å². The van der Waals surface area contributed by atoms with Crippen molar-refractivity contribution < 1.29 is 19.7 Å². The first-order chi connectivity index (χ1) is 7.49. The van der Waals surface area contributed by atoms with Crippen molar-refractivity contribution in [3.63, 3.8) is 0 Å². The van der Waals surface area contributed by atoms with Crippen LogP contribution < -0.4 is 5.32 Å². The van der Waals surface area contributed by atoms with Crippen molar-refractivity contribution in [3.8, 4) is 0 Å². The maximum atomic E-state index is 10.9. The van der Waals surface area contributed by atoms with E-state index in [1.807, 2.05) is 13.8 Å². The fourth-order valence-electron chi connectivity index (χ4n) is 1.90. The molecule has 0 aromatic rings. The highest BCUT2D eigenvalue weighted by atomic mass is 16.5. The van der Waals surface area contributed by atoms with Crippen molar-refractivity contribution >= 4 is 5.97 Å². The zero-order valence-electron chi connectivity index (χ0n) is 9.90. The molecule has 5 nitrogen and oxygen atoms in total. The second-order valence-electron chi connectivity index (χ2n) is 4.43. The Labute approximate surface area is 95.8 Å². The number of rotatable bonds is 6. The van der Waals surface area contributed by atoms with Crippen molar-refractivity contribution in [2.45, 2.75) is 50.9 Å². The first-order valence-corrected chi connectivity index (χ1v) is 5.80. The summed E-state index contributed by atoms with van der Waals surface area (Å²) in [6.07, 6.45) is 1.69. The zero-order chi connectivity index (χ0) is 12.2. The van der Waals surface area contributed by atoms with E-state index in [9.17, 15) is 9.90 Å². The lowest BCUT2D eigenvalue weighted by molar-refractivity contribution is -0.140. The third-order valence-electron chi connectivity index (χ3n) is 3.19. The van der Waals surface area contributed by atoms with Crippen LogP contribution in [0.25, 0.3) is 0 Å². The highest BCUT2D eigenvalue weighted by Gasteiger charge is 2.39. The van der Waals surface area contributed by atoms with E-state index in [4.69, 9.17) is 9.84 Å². The van der Waals surface area contributed by atoms with Gasteiger partial charge in [0.25, 0.3) is 0 Å². The van der Waals surface area contributed by atoms with Gasteiger partial charge in [-0.2, -0.15) is 0 Å². The van der Waals surface area contributed by atoms with E-state index in [0.29, 0.717) is 19.4 Å². The monoisotopic (exact) mass is 231 g/mol. The van der Waals surface area contributed by atoms with Crippen LogP contribution in [-0.2, 0) is 9.53 Å². The molecule has 16 heavy (non-hydrogen) atoms. The van der Waals surface area contributed by atoms with E-state index in [-0.39, 0.29) is 12.6 Å². The molecule has 0 aromatic carbocycles. The lowest BCUT2D eigenvalue weighted by Gasteiger charge is -2.28. The second-order valence-corrected chi connectivity index (χ2v) is 4.43. The largest absolute Gasteiger partial charge is 0.480 e. The normalized spacial score (nSPS) is 31.6. The Morgan fingerprint density at radius 3 is 2.81 bits per heavy atom. The number of aliphatic hydroxyl groups is 1. The van der Waals surface area contributed by atoms with E-state index >= 15 is 0 Å². The number of nitrogens with one attached hydrogen (secondary N) is 1. The smallest absolute Gasteiger partial charge is 0.320 e. The molecule has 0 bridgehead atoms. The van der Waals surface area contributed by atoms with Gasteiger partial charge in [-0.25, -0.2) is 0 Å². The molecule has 0 amide bonds. The minimum atomic E-state index is -0.929. The summed E-state index contributed by atoms with van der Waals surface area (Å²) in [4.78, 5) is 10.9. The molecular weight excluding hydrogens is 210 g/mol. The van der Waals surface area contributed by atoms with Crippen LogP contribution in [0.3, 0.4) is 0 Å². The van der Waals surface area contributed by atoms with Crippen LogP contribution in [-0.4, -0.2) is 47.1 Å². The average Bonchev–Trinajstić information content (AvgIpc) is 2.54. The molecule has 1 aliphatic heterocycles. The molecule has 0 saturated carbocycles. The number of ether oxygens (including phenoxy) is 1. The van der Waals surface area contributed by atoms with Gasteiger partial charge in [0.2, 0.25) is 0 Å². The predicted octanol–water partition coefficient (Wildman–Crippen LogP) is 0.369. The molecule has 3 unspecified atom stereocenters. The van der Waals surface area contributed by atoms with Crippen molar-refractivity contribution in [2.75, 3.05) is 13.2 Å². The standard InChI is InChI=1S/C11H21NO4/c1-3-4-9(10(13)14)12-7-11(15)5-6-16-8(11)2/h8-9,12,15H,3-7H2,1-2H3,(H,13,14). The maximum absolute atomic E-state index is 10.9. The van der Waals surface area contributed by atoms with Crippen LogP contribution in [0.15, 0.2) is 0 Å². The first kappa shape index (κ1) is 13.4. The highest BCUT2D eigenvalue weighted by molar-refractivity contribution is 5.73. The Hall–Kier alpha value is -0.650. The van der Waals surface area contributed by atoms with Crippen LogP contribution in [0, 0.1) is 0 Å². The maximum Gasteiger partial charge on any atom is 0.320 e. The molecule has 1 fully saturated rings. The molecule has 0 radical (unpaired) electrons. The number of carboxylic acids is 1. The third-order valence-corrected chi connectivity index (χ3v) is 3.19. The van der Waals surface area contributed by atoms with Gasteiger partial charge >= 0.3 is 5.97 Å². The fourth-order valence-corrected chi connectivity index (χ4v) is 1.90. The summed E-state index contributed by atoms with van der Waals surface area (Å²) >= 11 is 0. The van der Waals surface area contributed by atoms with Gasteiger partial charge in [-0.05, 0) is 13.3 Å². The molecule has 0 aliphatic carbocycles. The Morgan fingerprint density at radius 1 is 1.69 bits per heavy atom. The van der Waals surface area contributed by atoms with Gasteiger partial charge in [0.1, 0.15) is 11.6 Å². The van der Waals surface area contributed by atoms with Crippen LogP contribution in [0.1, 0.15) is 33.1 Å². The van der Waals surface area contributed by atoms with Gasteiger partial charge in [0.15, 0.2) is 0 Å². The number of carboxylic acid groups (broad SMARTS) is 1. The second kappa shape index (κ2) is 5.61. The molecule has 3 atom stereocenters. The van der Waals surface area contributed by atoms with E-state index in [0.717, 1.165) is 6.42 Å². The van der Waals surface area contributed by atoms with E-state index in [2.05, 4.69) is 5.32 Å². The van der Waals surface area contributed by atoms with Gasteiger partial charge in [-0.15, -0.1) is 0 Å². The van der Waals surface area contributed by atoms with Crippen molar-refractivity contribution in [1.82, 2.24) is 5.32 Å². The highest BCUT2D eigenvalue weighted by Crippen LogP contribution is 2.24. The summed E-state index contributed by atoms with van der Waals surface area (Å²) in [6, 6.07) is -0.582. The van der Waals surface area contributed by atoms with Crippen LogP contribution in [0.4, 0.5) is 0 Å². The summed E-state index contributed by atoms with van der Waals surface area (Å²) in [5.74, 6) is -0.864. The van der Waals surface area contributed by atoms with Crippen molar-refractivity contribution in [1.29, 1.82) is 0 Å². The molecule has 1 rings (SSSR count). The molecule has 0 aromatic heterocycles. The third kappa shape index (κ3) is 3.17. The molecule has 1 heterocycles. The summed E-state index contributed by atoms with van der Waals surface area (Å²) in [6.45, 7) is 4.55. The molecule has 94 valence electrons. The lowest BCUT2D eigenvalue weighted by Crippen LogP contribution is -2.50. The molecule has 0 spiro atoms. The summed E-state index contributed by atoms with van der Waals surface area (Å²) in [5.41, 5.74) is -0.929. The minimum Gasteiger partial charge on any atom is -0.480 e. The average molecular weight is 231 g/mol. The van der Waals surface area contributed by atoms with Gasteiger partial charge < -0.3 is 20.3 Å².